The Morgan fingerprint density at radius 1 is 1.26 bits per heavy atom. The lowest BCUT2D eigenvalue weighted by molar-refractivity contribution is 0.0975. The Kier molecular flexibility index (Phi) is 7.35. The van der Waals surface area contributed by atoms with Crippen LogP contribution in [0.5, 0.6) is 0 Å². The van der Waals surface area contributed by atoms with Gasteiger partial charge in [-0.25, -0.2) is 15.0 Å². The van der Waals surface area contributed by atoms with E-state index in [0.717, 1.165) is 75.0 Å². The molecule has 1 spiro atoms. The lowest BCUT2D eigenvalue weighted by atomic mass is 9.77. The monoisotopic (exact) mass is 514 g/mol. The number of ether oxygens (including phenoxy) is 1. The molecule has 2 aromatic heterocycles. The lowest BCUT2D eigenvalue weighted by Gasteiger charge is -2.39. The van der Waals surface area contributed by atoms with Gasteiger partial charge in [-0.05, 0) is 50.0 Å². The van der Waals surface area contributed by atoms with Crippen LogP contribution in [0.15, 0.2) is 28.4 Å². The van der Waals surface area contributed by atoms with Crippen LogP contribution in [-0.2, 0) is 11.3 Å². The van der Waals surface area contributed by atoms with E-state index in [4.69, 9.17) is 31.6 Å². The molecular weight excluding hydrogens is 484 g/mol. The van der Waals surface area contributed by atoms with Crippen molar-refractivity contribution in [2.24, 2.45) is 11.3 Å². The molecule has 3 aliphatic rings. The summed E-state index contributed by atoms with van der Waals surface area (Å²) in [6, 6.07) is 4.14. The molecule has 5 heterocycles. The number of aromatic nitrogens is 3. The molecule has 0 aliphatic carbocycles. The van der Waals surface area contributed by atoms with Crippen molar-refractivity contribution in [3.05, 3.63) is 29.2 Å². The first-order valence-corrected chi connectivity index (χ1v) is 13.5. The van der Waals surface area contributed by atoms with Crippen LogP contribution in [0.4, 0.5) is 11.6 Å². The summed E-state index contributed by atoms with van der Waals surface area (Å²) < 4.78 is 5.85. The number of aliphatic hydroxyl groups excluding tert-OH is 1. The maximum atomic E-state index is 10.1. The topological polar surface area (TPSA) is 98.4 Å². The largest absolute Gasteiger partial charge is 0.390 e. The number of aliphatic hydroxyl groups is 1. The van der Waals surface area contributed by atoms with Gasteiger partial charge in [-0.15, -0.1) is 0 Å². The predicted molar refractivity (Wildman–Crippen MR) is 136 cm³/mol. The van der Waals surface area contributed by atoms with Crippen LogP contribution in [0, 0.1) is 22.7 Å². The highest BCUT2D eigenvalue weighted by molar-refractivity contribution is 7.99. The Labute approximate surface area is 215 Å². The lowest BCUT2D eigenvalue weighted by Crippen LogP contribution is -2.41. The summed E-state index contributed by atoms with van der Waals surface area (Å²) in [5.41, 5.74) is 0.879. The van der Waals surface area contributed by atoms with E-state index in [9.17, 15) is 5.11 Å². The van der Waals surface area contributed by atoms with Crippen LogP contribution >= 0.6 is 23.4 Å². The van der Waals surface area contributed by atoms with E-state index in [-0.39, 0.29) is 12.0 Å². The van der Waals surface area contributed by atoms with E-state index >= 15 is 0 Å². The van der Waals surface area contributed by atoms with Gasteiger partial charge in [0, 0.05) is 43.7 Å². The molecule has 10 heteroatoms. The molecule has 2 atom stereocenters. The Hall–Kier alpha value is -2.12. The number of rotatable bonds is 6. The molecule has 0 radical (unpaired) electrons. The van der Waals surface area contributed by atoms with Gasteiger partial charge in [-0.1, -0.05) is 23.4 Å². The van der Waals surface area contributed by atoms with Gasteiger partial charge < -0.3 is 19.6 Å². The molecule has 2 aromatic rings. The second-order valence-corrected chi connectivity index (χ2v) is 11.4. The van der Waals surface area contributed by atoms with Crippen LogP contribution in [-0.4, -0.2) is 58.9 Å². The molecule has 1 unspecified atom stereocenters. The molecular formula is C25H31ClN6O2S. The second-order valence-electron chi connectivity index (χ2n) is 9.96. The average Bonchev–Trinajstić information content (AvgIpc) is 3.48. The molecule has 0 aromatic carbocycles. The zero-order valence-electron chi connectivity index (χ0n) is 20.0. The SMILES string of the molecule is C[C@H]1CC2(CCN(c3ncc(Sc4ccnc(N5CCC(CC#N)C5)c4Cl)nc3CO)CC2)CO1. The maximum Gasteiger partial charge on any atom is 0.152 e. The normalized spacial score (nSPS) is 23.7. The minimum absolute atomic E-state index is 0.165. The molecule has 0 amide bonds. The Morgan fingerprint density at radius 2 is 2.09 bits per heavy atom. The third-order valence-electron chi connectivity index (χ3n) is 7.48. The fraction of sp³-hybridized carbons (Fsp3) is 0.600. The highest BCUT2D eigenvalue weighted by Crippen LogP contribution is 2.43. The zero-order chi connectivity index (χ0) is 24.4. The van der Waals surface area contributed by atoms with Gasteiger partial charge in [0.2, 0.25) is 0 Å². The molecule has 0 saturated carbocycles. The van der Waals surface area contributed by atoms with Crippen molar-refractivity contribution in [1.29, 1.82) is 5.26 Å². The van der Waals surface area contributed by atoms with Gasteiger partial charge >= 0.3 is 0 Å². The first-order chi connectivity index (χ1) is 17.0. The molecule has 3 fully saturated rings. The number of nitriles is 1. The van der Waals surface area contributed by atoms with Crippen LogP contribution in [0.25, 0.3) is 0 Å². The first-order valence-electron chi connectivity index (χ1n) is 12.3. The van der Waals surface area contributed by atoms with Gasteiger partial charge in [0.15, 0.2) is 5.82 Å². The van der Waals surface area contributed by atoms with Crippen molar-refractivity contribution in [2.75, 3.05) is 42.6 Å². The summed E-state index contributed by atoms with van der Waals surface area (Å²) in [5.74, 6) is 1.87. The van der Waals surface area contributed by atoms with E-state index < -0.39 is 0 Å². The smallest absolute Gasteiger partial charge is 0.152 e. The Bertz CT molecular complexity index is 1100. The van der Waals surface area contributed by atoms with Gasteiger partial charge in [0.25, 0.3) is 0 Å². The van der Waals surface area contributed by atoms with E-state index in [1.54, 1.807) is 12.4 Å². The number of hydrogen-bond donors (Lipinski definition) is 1. The minimum atomic E-state index is -0.165. The number of piperidine rings is 1. The number of nitrogens with zero attached hydrogens (tertiary/aromatic N) is 6. The van der Waals surface area contributed by atoms with Crippen molar-refractivity contribution < 1.29 is 9.84 Å². The fourth-order valence-electron chi connectivity index (χ4n) is 5.56. The quantitative estimate of drug-likeness (QED) is 0.604. The Morgan fingerprint density at radius 3 is 2.80 bits per heavy atom. The summed E-state index contributed by atoms with van der Waals surface area (Å²) in [7, 11) is 0. The molecule has 3 aliphatic heterocycles. The summed E-state index contributed by atoms with van der Waals surface area (Å²) in [5, 5.41) is 20.3. The molecule has 0 bridgehead atoms. The summed E-state index contributed by atoms with van der Waals surface area (Å²) in [6.45, 7) is 6.27. The first kappa shape index (κ1) is 24.6. The molecule has 5 rings (SSSR count). The minimum Gasteiger partial charge on any atom is -0.390 e. The average molecular weight is 515 g/mol. The Balaban J connectivity index is 1.28. The highest BCUT2D eigenvalue weighted by Gasteiger charge is 2.41. The molecule has 35 heavy (non-hydrogen) atoms. The number of hydrogen-bond acceptors (Lipinski definition) is 9. The molecule has 3 saturated heterocycles. The van der Waals surface area contributed by atoms with Crippen molar-refractivity contribution in [3.8, 4) is 6.07 Å². The summed E-state index contributed by atoms with van der Waals surface area (Å²) >= 11 is 8.18. The van der Waals surface area contributed by atoms with Crippen molar-refractivity contribution >= 4 is 35.0 Å². The molecule has 186 valence electrons. The fourth-order valence-corrected chi connectivity index (χ4v) is 6.70. The maximum absolute atomic E-state index is 10.1. The third-order valence-corrected chi connectivity index (χ3v) is 8.93. The van der Waals surface area contributed by atoms with Gasteiger partial charge in [-0.2, -0.15) is 5.26 Å². The van der Waals surface area contributed by atoms with E-state index in [1.807, 2.05) is 6.07 Å². The van der Waals surface area contributed by atoms with Gasteiger partial charge in [-0.3, -0.25) is 0 Å². The van der Waals surface area contributed by atoms with E-state index in [1.165, 1.54) is 11.8 Å². The zero-order valence-corrected chi connectivity index (χ0v) is 21.6. The highest BCUT2D eigenvalue weighted by atomic mass is 35.5. The van der Waals surface area contributed by atoms with Crippen LogP contribution in [0.2, 0.25) is 5.02 Å². The van der Waals surface area contributed by atoms with Crippen molar-refractivity contribution in [3.63, 3.8) is 0 Å². The van der Waals surface area contributed by atoms with E-state index in [0.29, 0.717) is 34.2 Å². The molecule has 8 nitrogen and oxygen atoms in total. The number of pyridine rings is 1. The number of halogens is 1. The standard InChI is InChI=1S/C25H31ClN6O2S/c1-17-12-25(16-34-17)5-10-31(11-6-25)23-19(15-33)30-21(13-29-23)35-20-3-8-28-24(22(20)26)32-9-4-18(14-32)2-7-27/h3,8,13,17-18,33H,2,4-6,9-12,14-16H2,1H3/t17-,18?/m0/s1. The van der Waals surface area contributed by atoms with E-state index in [2.05, 4.69) is 27.8 Å². The van der Waals surface area contributed by atoms with Gasteiger partial charge in [0.05, 0.1) is 36.6 Å². The predicted octanol–water partition coefficient (Wildman–Crippen LogP) is 4.30. The summed E-state index contributed by atoms with van der Waals surface area (Å²) in [6.07, 6.45) is 8.66. The summed E-state index contributed by atoms with van der Waals surface area (Å²) in [4.78, 5) is 19.2. The van der Waals surface area contributed by atoms with Gasteiger partial charge in [0.1, 0.15) is 16.5 Å². The number of anilines is 2. The molecule has 1 N–H and O–H groups in total. The van der Waals surface area contributed by atoms with Crippen molar-refractivity contribution in [1.82, 2.24) is 15.0 Å². The van der Waals surface area contributed by atoms with Crippen LogP contribution in [0.3, 0.4) is 0 Å². The second kappa shape index (κ2) is 10.5. The van der Waals surface area contributed by atoms with Crippen LogP contribution in [0.1, 0.15) is 44.7 Å². The third kappa shape index (κ3) is 5.21. The van der Waals surface area contributed by atoms with Crippen molar-refractivity contribution in [2.45, 2.75) is 61.7 Å². The van der Waals surface area contributed by atoms with Crippen LogP contribution < -0.4 is 9.80 Å².